The van der Waals surface area contributed by atoms with Crippen LogP contribution in [0.5, 0.6) is 0 Å². The fourth-order valence-electron chi connectivity index (χ4n) is 2.54. The number of ether oxygens (including phenoxy) is 1. The largest absolute Gasteiger partial charge is 0.452 e. The lowest BCUT2D eigenvalue weighted by Crippen LogP contribution is -2.35. The maximum atomic E-state index is 11.9. The van der Waals surface area contributed by atoms with Gasteiger partial charge in [-0.25, -0.2) is 13.2 Å². The molecular formula is C17H20N2O5S. The van der Waals surface area contributed by atoms with Crippen LogP contribution in [-0.2, 0) is 19.6 Å². The van der Waals surface area contributed by atoms with Crippen molar-refractivity contribution in [2.45, 2.75) is 36.6 Å². The number of esters is 1. The molecule has 1 amide bonds. The van der Waals surface area contributed by atoms with Gasteiger partial charge >= 0.3 is 5.97 Å². The van der Waals surface area contributed by atoms with Gasteiger partial charge in [0, 0.05) is 6.04 Å². The summed E-state index contributed by atoms with van der Waals surface area (Å²) in [5, 5.41) is 2.81. The van der Waals surface area contributed by atoms with Gasteiger partial charge in [-0.1, -0.05) is 18.8 Å². The van der Waals surface area contributed by atoms with Gasteiger partial charge in [0.05, 0.1) is 17.0 Å². The Balaban J connectivity index is 1.87. The zero-order valence-electron chi connectivity index (χ0n) is 13.7. The number of terminal acetylenes is 1. The molecule has 1 saturated carbocycles. The normalized spacial score (nSPS) is 14.7. The lowest BCUT2D eigenvalue weighted by molar-refractivity contribution is -0.124. The van der Waals surface area contributed by atoms with Crippen LogP contribution in [0, 0.1) is 12.3 Å². The van der Waals surface area contributed by atoms with E-state index in [2.05, 4.69) is 16.0 Å². The smallest absolute Gasteiger partial charge is 0.338 e. The number of hydrogen-bond acceptors (Lipinski definition) is 5. The van der Waals surface area contributed by atoms with E-state index < -0.39 is 16.0 Å². The molecule has 2 N–H and O–H groups in total. The van der Waals surface area contributed by atoms with Crippen molar-refractivity contribution in [1.82, 2.24) is 10.0 Å². The first-order valence-corrected chi connectivity index (χ1v) is 9.40. The van der Waals surface area contributed by atoms with Crippen LogP contribution in [0.4, 0.5) is 0 Å². The topological polar surface area (TPSA) is 102 Å². The predicted octanol–water partition coefficient (Wildman–Crippen LogP) is 0.814. The molecule has 0 bridgehead atoms. The van der Waals surface area contributed by atoms with Crippen molar-refractivity contribution in [3.63, 3.8) is 0 Å². The fourth-order valence-corrected chi connectivity index (χ4v) is 3.48. The first kappa shape index (κ1) is 19.0. The van der Waals surface area contributed by atoms with Gasteiger partial charge in [0.15, 0.2) is 6.61 Å². The number of carbonyl (C=O) groups is 2. The molecule has 25 heavy (non-hydrogen) atoms. The lowest BCUT2D eigenvalue weighted by atomic mass is 10.2. The van der Waals surface area contributed by atoms with Crippen LogP contribution in [0.1, 0.15) is 36.0 Å². The molecule has 8 heteroatoms. The van der Waals surface area contributed by atoms with Gasteiger partial charge in [-0.15, -0.1) is 6.42 Å². The molecular weight excluding hydrogens is 344 g/mol. The second kappa shape index (κ2) is 8.65. The summed E-state index contributed by atoms with van der Waals surface area (Å²) in [5.74, 6) is 1.15. The van der Waals surface area contributed by atoms with Crippen LogP contribution in [0.15, 0.2) is 29.2 Å². The van der Waals surface area contributed by atoms with E-state index in [1.54, 1.807) is 0 Å². The van der Waals surface area contributed by atoms with E-state index in [0.29, 0.717) is 0 Å². The summed E-state index contributed by atoms with van der Waals surface area (Å²) in [6, 6.07) is 5.34. The molecule has 0 unspecified atom stereocenters. The highest BCUT2D eigenvalue weighted by Crippen LogP contribution is 2.17. The van der Waals surface area contributed by atoms with E-state index in [9.17, 15) is 18.0 Å². The molecule has 1 aliphatic carbocycles. The van der Waals surface area contributed by atoms with Crippen LogP contribution in [0.2, 0.25) is 0 Å². The molecule has 0 atom stereocenters. The average Bonchev–Trinajstić information content (AvgIpc) is 3.11. The highest BCUT2D eigenvalue weighted by molar-refractivity contribution is 7.89. The van der Waals surface area contributed by atoms with E-state index in [-0.39, 0.29) is 35.6 Å². The average molecular weight is 364 g/mol. The summed E-state index contributed by atoms with van der Waals surface area (Å²) in [7, 11) is -3.71. The van der Waals surface area contributed by atoms with Gasteiger partial charge in [0.2, 0.25) is 10.0 Å². The monoisotopic (exact) mass is 364 g/mol. The van der Waals surface area contributed by atoms with Crippen LogP contribution < -0.4 is 10.0 Å². The van der Waals surface area contributed by atoms with Crippen molar-refractivity contribution in [1.29, 1.82) is 0 Å². The minimum absolute atomic E-state index is 0.0155. The zero-order chi connectivity index (χ0) is 18.3. The molecule has 0 radical (unpaired) electrons. The van der Waals surface area contributed by atoms with Gasteiger partial charge < -0.3 is 10.1 Å². The predicted molar refractivity (Wildman–Crippen MR) is 91.1 cm³/mol. The van der Waals surface area contributed by atoms with Gasteiger partial charge in [-0.3, -0.25) is 4.79 Å². The molecule has 1 fully saturated rings. The van der Waals surface area contributed by atoms with E-state index in [1.807, 2.05) is 0 Å². The number of nitrogens with one attached hydrogen (secondary N) is 2. The Morgan fingerprint density at radius 3 is 2.44 bits per heavy atom. The highest BCUT2D eigenvalue weighted by Gasteiger charge is 2.19. The Bertz CT molecular complexity index is 759. The number of benzene rings is 1. The van der Waals surface area contributed by atoms with Crippen molar-refractivity contribution in [2.75, 3.05) is 13.2 Å². The van der Waals surface area contributed by atoms with E-state index in [1.165, 1.54) is 24.3 Å². The van der Waals surface area contributed by atoms with E-state index >= 15 is 0 Å². The van der Waals surface area contributed by atoms with Gasteiger partial charge in [-0.2, -0.15) is 4.72 Å². The molecule has 1 aromatic rings. The van der Waals surface area contributed by atoms with Crippen molar-refractivity contribution < 1.29 is 22.7 Å². The van der Waals surface area contributed by atoms with Crippen LogP contribution in [0.25, 0.3) is 0 Å². The van der Waals surface area contributed by atoms with Crippen molar-refractivity contribution in [3.05, 3.63) is 29.8 Å². The molecule has 0 heterocycles. The molecule has 0 saturated heterocycles. The third-order valence-electron chi connectivity index (χ3n) is 3.82. The minimum Gasteiger partial charge on any atom is -0.452 e. The van der Waals surface area contributed by atoms with Crippen LogP contribution >= 0.6 is 0 Å². The Kier molecular flexibility index (Phi) is 6.56. The van der Waals surface area contributed by atoms with E-state index in [4.69, 9.17) is 11.2 Å². The van der Waals surface area contributed by atoms with Crippen molar-refractivity contribution in [2.24, 2.45) is 0 Å². The van der Waals surface area contributed by atoms with Gasteiger partial charge in [0.1, 0.15) is 0 Å². The molecule has 0 spiro atoms. The molecule has 0 aromatic heterocycles. The SMILES string of the molecule is C#CCNS(=O)(=O)c1ccc(C(=O)OCC(=O)NC2CCCC2)cc1. The third kappa shape index (κ3) is 5.59. The first-order chi connectivity index (χ1) is 11.9. The number of hydrogen-bond donors (Lipinski definition) is 2. The van der Waals surface area contributed by atoms with Crippen LogP contribution in [-0.4, -0.2) is 39.5 Å². The van der Waals surface area contributed by atoms with Gasteiger partial charge in [-0.05, 0) is 37.1 Å². The maximum Gasteiger partial charge on any atom is 0.338 e. The van der Waals surface area contributed by atoms with E-state index in [0.717, 1.165) is 25.7 Å². The van der Waals surface area contributed by atoms with Crippen LogP contribution in [0.3, 0.4) is 0 Å². The number of sulfonamides is 1. The Hall–Kier alpha value is -2.37. The molecule has 1 aromatic carbocycles. The standard InChI is InChI=1S/C17H20N2O5S/c1-2-11-18-25(22,23)15-9-7-13(8-10-15)17(21)24-12-16(20)19-14-5-3-4-6-14/h1,7-10,14,18H,3-6,11-12H2,(H,19,20). The Morgan fingerprint density at radius 1 is 1.20 bits per heavy atom. The third-order valence-corrected chi connectivity index (χ3v) is 5.24. The summed E-state index contributed by atoms with van der Waals surface area (Å²) in [4.78, 5) is 23.6. The Morgan fingerprint density at radius 2 is 1.84 bits per heavy atom. The van der Waals surface area contributed by atoms with Crippen molar-refractivity contribution in [3.8, 4) is 12.3 Å². The lowest BCUT2D eigenvalue weighted by Gasteiger charge is -2.12. The highest BCUT2D eigenvalue weighted by atomic mass is 32.2. The molecule has 7 nitrogen and oxygen atoms in total. The minimum atomic E-state index is -3.71. The Labute approximate surface area is 147 Å². The summed E-state index contributed by atoms with van der Waals surface area (Å²) in [6.45, 7) is -0.485. The summed E-state index contributed by atoms with van der Waals surface area (Å²) in [5.41, 5.74) is 0.157. The number of amides is 1. The quantitative estimate of drug-likeness (QED) is 0.551. The van der Waals surface area contributed by atoms with Crippen molar-refractivity contribution >= 4 is 21.9 Å². The molecule has 0 aliphatic heterocycles. The second-order valence-electron chi connectivity index (χ2n) is 5.68. The number of rotatable bonds is 7. The zero-order valence-corrected chi connectivity index (χ0v) is 14.5. The fraction of sp³-hybridized carbons (Fsp3) is 0.412. The molecule has 134 valence electrons. The second-order valence-corrected chi connectivity index (χ2v) is 7.45. The summed E-state index contributed by atoms with van der Waals surface area (Å²) < 4.78 is 30.9. The first-order valence-electron chi connectivity index (χ1n) is 7.92. The summed E-state index contributed by atoms with van der Waals surface area (Å²) in [6.07, 6.45) is 9.10. The summed E-state index contributed by atoms with van der Waals surface area (Å²) >= 11 is 0. The number of carbonyl (C=O) groups excluding carboxylic acids is 2. The van der Waals surface area contributed by atoms with Gasteiger partial charge in [0.25, 0.3) is 5.91 Å². The maximum absolute atomic E-state index is 11.9. The molecule has 2 rings (SSSR count). The molecule has 1 aliphatic rings.